The highest BCUT2D eigenvalue weighted by Crippen LogP contribution is 2.62. The molecule has 0 heterocycles. The SMILES string of the molecule is Cc1ccc(N(c2ccc(C)cc2)c2ccc3c(c2)C2(c4ccccc4-c4ccccc4-3)c3ccccc3-c3ccc(N(c4ccc(C)cc4)c4ccc(C)cc4)cc32)cc1. The van der Waals surface area contributed by atoms with E-state index in [-0.39, 0.29) is 0 Å². The van der Waals surface area contributed by atoms with Gasteiger partial charge in [0.1, 0.15) is 0 Å². The monoisotopic (exact) mass is 782 g/mol. The van der Waals surface area contributed by atoms with Crippen molar-refractivity contribution in [3.05, 3.63) is 251 Å². The molecule has 0 bridgehead atoms. The van der Waals surface area contributed by atoms with Gasteiger partial charge in [-0.2, -0.15) is 0 Å². The van der Waals surface area contributed by atoms with Crippen molar-refractivity contribution in [2.45, 2.75) is 33.1 Å². The van der Waals surface area contributed by atoms with Crippen LogP contribution in [0, 0.1) is 27.7 Å². The highest BCUT2D eigenvalue weighted by atomic mass is 15.1. The quantitative estimate of drug-likeness (QED) is 0.166. The van der Waals surface area contributed by atoms with Gasteiger partial charge in [-0.1, -0.05) is 156 Å². The number of anilines is 6. The zero-order valence-corrected chi connectivity index (χ0v) is 35.0. The van der Waals surface area contributed by atoms with Crippen LogP contribution in [-0.4, -0.2) is 0 Å². The number of hydrogen-bond donors (Lipinski definition) is 0. The third-order valence-corrected chi connectivity index (χ3v) is 13.0. The summed E-state index contributed by atoms with van der Waals surface area (Å²) in [4.78, 5) is 4.84. The molecule has 9 aromatic carbocycles. The maximum Gasteiger partial charge on any atom is 0.0727 e. The normalized spacial score (nSPS) is 14.3. The Kier molecular flexibility index (Phi) is 8.65. The molecule has 1 atom stereocenters. The van der Waals surface area contributed by atoms with Crippen molar-refractivity contribution in [1.29, 1.82) is 0 Å². The van der Waals surface area contributed by atoms with Gasteiger partial charge in [0.2, 0.25) is 0 Å². The molecule has 0 N–H and O–H groups in total. The molecule has 1 unspecified atom stereocenters. The lowest BCUT2D eigenvalue weighted by Gasteiger charge is -2.37. The van der Waals surface area contributed by atoms with E-state index in [0.29, 0.717) is 0 Å². The Labute approximate surface area is 359 Å². The molecule has 0 amide bonds. The standard InChI is InChI=1S/C59H46N2/c1-39-17-25-43(26-18-39)60(44-27-19-40(2)20-28-44)47-33-35-53-50-12-6-5-11-49(50)51-13-7-9-15-55(51)59(57(53)37-47)56-16-10-8-14-52(56)54-36-34-48(38-58(54)59)61(45-29-21-41(3)22-30-45)46-31-23-42(4)24-32-46/h5-38H,1-4H3. The number of benzene rings is 9. The van der Waals surface area contributed by atoms with Crippen LogP contribution in [0.4, 0.5) is 34.1 Å². The molecule has 0 saturated carbocycles. The summed E-state index contributed by atoms with van der Waals surface area (Å²) in [6, 6.07) is 77.4. The highest BCUT2D eigenvalue weighted by molar-refractivity contribution is 5.99. The number of aryl methyl sites for hydroxylation is 4. The molecule has 9 aromatic rings. The van der Waals surface area contributed by atoms with E-state index in [9.17, 15) is 0 Å². The molecule has 292 valence electrons. The fourth-order valence-corrected chi connectivity index (χ4v) is 10.0. The van der Waals surface area contributed by atoms with Gasteiger partial charge in [0.05, 0.1) is 5.41 Å². The van der Waals surface area contributed by atoms with Crippen molar-refractivity contribution >= 4 is 34.1 Å². The van der Waals surface area contributed by atoms with E-state index in [1.807, 2.05) is 0 Å². The van der Waals surface area contributed by atoms with Gasteiger partial charge in [-0.15, -0.1) is 0 Å². The fraction of sp³-hybridized carbons (Fsp3) is 0.0847. The Balaban J connectivity index is 1.25. The van der Waals surface area contributed by atoms with Crippen LogP contribution in [0.3, 0.4) is 0 Å². The Morgan fingerprint density at radius 3 is 0.869 bits per heavy atom. The molecule has 61 heavy (non-hydrogen) atoms. The zero-order chi connectivity index (χ0) is 41.2. The van der Waals surface area contributed by atoms with E-state index < -0.39 is 5.41 Å². The Morgan fingerprint density at radius 1 is 0.246 bits per heavy atom. The summed E-state index contributed by atoms with van der Waals surface area (Å²) in [5, 5.41) is 0. The van der Waals surface area contributed by atoms with Gasteiger partial charge in [0.25, 0.3) is 0 Å². The first-order valence-corrected chi connectivity index (χ1v) is 21.3. The smallest absolute Gasteiger partial charge is 0.0727 e. The molecule has 2 aliphatic carbocycles. The summed E-state index contributed by atoms with van der Waals surface area (Å²) in [5.74, 6) is 0. The Bertz CT molecular complexity index is 3010. The molecular formula is C59H46N2. The van der Waals surface area contributed by atoms with Crippen molar-refractivity contribution in [3.8, 4) is 33.4 Å². The number of hydrogen-bond acceptors (Lipinski definition) is 2. The van der Waals surface area contributed by atoms with Gasteiger partial charge in [0.15, 0.2) is 0 Å². The first kappa shape index (κ1) is 36.6. The minimum Gasteiger partial charge on any atom is -0.310 e. The van der Waals surface area contributed by atoms with Gasteiger partial charge < -0.3 is 9.80 Å². The number of fused-ring (bicyclic) bond motifs is 12. The summed E-state index contributed by atoms with van der Waals surface area (Å²) >= 11 is 0. The zero-order valence-electron chi connectivity index (χ0n) is 35.0. The van der Waals surface area contributed by atoms with Gasteiger partial charge in [0, 0.05) is 34.1 Å². The van der Waals surface area contributed by atoms with Gasteiger partial charge in [-0.3, -0.25) is 0 Å². The maximum atomic E-state index is 2.50. The predicted octanol–water partition coefficient (Wildman–Crippen LogP) is 15.9. The average molecular weight is 783 g/mol. The molecule has 11 rings (SSSR count). The van der Waals surface area contributed by atoms with Crippen LogP contribution in [0.2, 0.25) is 0 Å². The van der Waals surface area contributed by atoms with Crippen LogP contribution < -0.4 is 9.80 Å². The second-order valence-corrected chi connectivity index (χ2v) is 16.9. The molecule has 1 spiro atoms. The second kappa shape index (κ2) is 14.4. The van der Waals surface area contributed by atoms with Crippen molar-refractivity contribution < 1.29 is 0 Å². The third-order valence-electron chi connectivity index (χ3n) is 13.0. The molecule has 2 aliphatic rings. The van der Waals surface area contributed by atoms with Crippen molar-refractivity contribution in [2.24, 2.45) is 0 Å². The number of rotatable bonds is 6. The van der Waals surface area contributed by atoms with Crippen LogP contribution >= 0.6 is 0 Å². The summed E-state index contributed by atoms with van der Waals surface area (Å²) in [6.45, 7) is 8.62. The van der Waals surface area contributed by atoms with Crippen molar-refractivity contribution in [2.75, 3.05) is 9.80 Å². The Morgan fingerprint density at radius 2 is 0.508 bits per heavy atom. The van der Waals surface area contributed by atoms with Crippen LogP contribution in [-0.2, 0) is 5.41 Å². The molecule has 0 aromatic heterocycles. The van der Waals surface area contributed by atoms with Crippen LogP contribution in [0.1, 0.15) is 44.5 Å². The molecular weight excluding hydrogens is 737 g/mol. The third kappa shape index (κ3) is 5.85. The molecule has 2 heteroatoms. The Hall–Kier alpha value is -7.42. The lowest BCUT2D eigenvalue weighted by molar-refractivity contribution is 0.775. The van der Waals surface area contributed by atoms with Crippen molar-refractivity contribution in [3.63, 3.8) is 0 Å². The molecule has 0 fully saturated rings. The minimum absolute atomic E-state index is 0.665. The first-order valence-electron chi connectivity index (χ1n) is 21.3. The van der Waals surface area contributed by atoms with Gasteiger partial charge in [-0.25, -0.2) is 0 Å². The van der Waals surface area contributed by atoms with Crippen LogP contribution in [0.25, 0.3) is 33.4 Å². The molecule has 0 aliphatic heterocycles. The number of nitrogens with zero attached hydrogens (tertiary/aromatic N) is 2. The van der Waals surface area contributed by atoms with E-state index in [4.69, 9.17) is 0 Å². The van der Waals surface area contributed by atoms with E-state index in [1.165, 1.54) is 77.9 Å². The van der Waals surface area contributed by atoms with Crippen LogP contribution in [0.15, 0.2) is 206 Å². The second-order valence-electron chi connectivity index (χ2n) is 16.9. The van der Waals surface area contributed by atoms with E-state index >= 15 is 0 Å². The summed E-state index contributed by atoms with van der Waals surface area (Å²) in [7, 11) is 0. The molecule has 0 saturated heterocycles. The van der Waals surface area contributed by atoms with E-state index in [0.717, 1.165) is 34.1 Å². The van der Waals surface area contributed by atoms with E-state index in [1.54, 1.807) is 0 Å². The topological polar surface area (TPSA) is 6.48 Å². The minimum atomic E-state index is -0.665. The van der Waals surface area contributed by atoms with Gasteiger partial charge >= 0.3 is 0 Å². The average Bonchev–Trinajstić information content (AvgIpc) is 3.53. The summed E-state index contributed by atoms with van der Waals surface area (Å²) in [6.07, 6.45) is 0. The van der Waals surface area contributed by atoms with E-state index in [2.05, 4.69) is 244 Å². The largest absolute Gasteiger partial charge is 0.310 e. The molecule has 2 nitrogen and oxygen atoms in total. The fourth-order valence-electron chi connectivity index (χ4n) is 10.0. The first-order chi connectivity index (χ1) is 29.9. The van der Waals surface area contributed by atoms with Gasteiger partial charge in [-0.05, 0) is 156 Å². The summed E-state index contributed by atoms with van der Waals surface area (Å²) in [5.41, 5.74) is 23.7. The van der Waals surface area contributed by atoms with Crippen molar-refractivity contribution in [1.82, 2.24) is 0 Å². The lowest BCUT2D eigenvalue weighted by atomic mass is 9.65. The molecule has 0 radical (unpaired) electrons. The van der Waals surface area contributed by atoms with Crippen LogP contribution in [0.5, 0.6) is 0 Å². The maximum absolute atomic E-state index is 2.50. The summed E-state index contributed by atoms with van der Waals surface area (Å²) < 4.78 is 0. The highest BCUT2D eigenvalue weighted by Gasteiger charge is 2.50. The lowest BCUT2D eigenvalue weighted by Crippen LogP contribution is -2.30. The predicted molar refractivity (Wildman–Crippen MR) is 256 cm³/mol.